The number of nitrogens with two attached hydrogens (primary N) is 1. The summed E-state index contributed by atoms with van der Waals surface area (Å²) in [4.78, 5) is 3.44. The quantitative estimate of drug-likeness (QED) is 0.675. The molecule has 0 saturated heterocycles. The van der Waals surface area contributed by atoms with Gasteiger partial charge in [-0.3, -0.25) is 0 Å². The Morgan fingerprint density at radius 3 is 2.57 bits per heavy atom. The normalized spacial score (nSPS) is 11.1. The number of nitrogens with one attached hydrogen (secondary N) is 1. The van der Waals surface area contributed by atoms with Crippen LogP contribution in [0, 0.1) is 5.82 Å². The van der Waals surface area contributed by atoms with E-state index in [1.54, 1.807) is 6.07 Å². The maximum Gasteiger partial charge on any atom is 0.123 e. The number of H-pyrrole nitrogens is 1. The highest BCUT2D eigenvalue weighted by atomic mass is 19.1. The maximum absolute atomic E-state index is 13.6. The molecule has 3 N–H and O–H groups in total. The van der Waals surface area contributed by atoms with E-state index in [0.29, 0.717) is 6.54 Å². The molecule has 0 aliphatic rings. The first kappa shape index (κ1) is 13.8. The Balaban J connectivity index is 2.11. The number of halogens is 1. The third-order valence-corrected chi connectivity index (χ3v) is 3.81. The Bertz CT molecular complexity index is 732. The molecule has 0 bridgehead atoms. The number of hydrogen-bond donors (Lipinski definition) is 2. The minimum atomic E-state index is -0.193. The summed E-state index contributed by atoms with van der Waals surface area (Å²) in [6.07, 6.45) is 2.90. The van der Waals surface area contributed by atoms with Gasteiger partial charge in [-0.1, -0.05) is 30.3 Å². The lowest BCUT2D eigenvalue weighted by molar-refractivity contribution is 0.629. The number of fused-ring (bicyclic) bond motifs is 1. The van der Waals surface area contributed by atoms with E-state index in [4.69, 9.17) is 5.73 Å². The second kappa shape index (κ2) is 6.10. The van der Waals surface area contributed by atoms with Crippen molar-refractivity contribution in [2.24, 2.45) is 5.73 Å². The summed E-state index contributed by atoms with van der Waals surface area (Å²) in [6.45, 7) is 0.692. The minimum absolute atomic E-state index is 0.193. The van der Waals surface area contributed by atoms with Crippen molar-refractivity contribution in [2.75, 3.05) is 6.54 Å². The van der Waals surface area contributed by atoms with Crippen LogP contribution in [0.5, 0.6) is 0 Å². The molecule has 2 aromatic carbocycles. The second-order valence-corrected chi connectivity index (χ2v) is 5.28. The van der Waals surface area contributed by atoms with Crippen LogP contribution in [-0.4, -0.2) is 11.5 Å². The van der Waals surface area contributed by atoms with Crippen molar-refractivity contribution in [3.63, 3.8) is 0 Å². The molecule has 0 aliphatic heterocycles. The first-order chi connectivity index (χ1) is 10.3. The van der Waals surface area contributed by atoms with Crippen molar-refractivity contribution in [2.45, 2.75) is 19.3 Å². The second-order valence-electron chi connectivity index (χ2n) is 5.28. The predicted octanol–water partition coefficient (Wildman–Crippen LogP) is 4.26. The van der Waals surface area contributed by atoms with Gasteiger partial charge in [0, 0.05) is 16.6 Å². The zero-order valence-electron chi connectivity index (χ0n) is 11.9. The van der Waals surface area contributed by atoms with Crippen molar-refractivity contribution in [3.8, 4) is 11.3 Å². The van der Waals surface area contributed by atoms with Crippen LogP contribution >= 0.6 is 0 Å². The molecule has 3 rings (SSSR count). The standard InChI is InChI=1S/C18H19FN2/c19-14-9-10-17-16(12-14)15(8-4-5-11-20)18(21-17)13-6-2-1-3-7-13/h1-3,6-7,9-10,12,21H,4-5,8,11,20H2. The summed E-state index contributed by atoms with van der Waals surface area (Å²) in [5, 5.41) is 0.978. The first-order valence-electron chi connectivity index (χ1n) is 7.35. The lowest BCUT2D eigenvalue weighted by Crippen LogP contribution is -1.99. The monoisotopic (exact) mass is 282 g/mol. The van der Waals surface area contributed by atoms with Crippen molar-refractivity contribution in [3.05, 3.63) is 59.9 Å². The predicted molar refractivity (Wildman–Crippen MR) is 85.7 cm³/mol. The Labute approximate surface area is 123 Å². The lowest BCUT2D eigenvalue weighted by atomic mass is 10.0. The van der Waals surface area contributed by atoms with E-state index in [2.05, 4.69) is 17.1 Å². The fraction of sp³-hybridized carbons (Fsp3) is 0.222. The van der Waals surface area contributed by atoms with Crippen LogP contribution in [0.15, 0.2) is 48.5 Å². The number of aromatic amines is 1. The molecule has 108 valence electrons. The molecular formula is C18H19FN2. The summed E-state index contributed by atoms with van der Waals surface area (Å²) < 4.78 is 13.6. The van der Waals surface area contributed by atoms with E-state index >= 15 is 0 Å². The number of aromatic nitrogens is 1. The highest BCUT2D eigenvalue weighted by Gasteiger charge is 2.13. The molecule has 3 heteroatoms. The van der Waals surface area contributed by atoms with E-state index in [1.807, 2.05) is 24.3 Å². The van der Waals surface area contributed by atoms with Crippen LogP contribution < -0.4 is 5.73 Å². The van der Waals surface area contributed by atoms with Gasteiger partial charge in [0.05, 0.1) is 0 Å². The molecule has 3 aromatic rings. The Morgan fingerprint density at radius 2 is 1.81 bits per heavy atom. The van der Waals surface area contributed by atoms with Gasteiger partial charge in [0.1, 0.15) is 5.82 Å². The Morgan fingerprint density at radius 1 is 1.00 bits per heavy atom. The third-order valence-electron chi connectivity index (χ3n) is 3.81. The number of unbranched alkanes of at least 4 members (excludes halogenated alkanes) is 1. The molecule has 1 aromatic heterocycles. The summed E-state index contributed by atoms with van der Waals surface area (Å²) in [6, 6.07) is 15.1. The van der Waals surface area contributed by atoms with Crippen molar-refractivity contribution >= 4 is 10.9 Å². The van der Waals surface area contributed by atoms with Crippen LogP contribution in [0.4, 0.5) is 4.39 Å². The molecule has 0 atom stereocenters. The first-order valence-corrected chi connectivity index (χ1v) is 7.35. The smallest absolute Gasteiger partial charge is 0.123 e. The summed E-state index contributed by atoms with van der Waals surface area (Å²) in [5.41, 5.74) is 9.98. The average molecular weight is 282 g/mol. The van der Waals surface area contributed by atoms with Gasteiger partial charge in [-0.25, -0.2) is 4.39 Å². The Kier molecular flexibility index (Phi) is 4.02. The van der Waals surface area contributed by atoms with Crippen LogP contribution in [0.3, 0.4) is 0 Å². The molecule has 0 aliphatic carbocycles. The van der Waals surface area contributed by atoms with Crippen molar-refractivity contribution in [1.82, 2.24) is 4.98 Å². The number of rotatable bonds is 5. The van der Waals surface area contributed by atoms with E-state index < -0.39 is 0 Å². The van der Waals surface area contributed by atoms with Gasteiger partial charge in [0.25, 0.3) is 0 Å². The van der Waals surface area contributed by atoms with Gasteiger partial charge in [-0.2, -0.15) is 0 Å². The molecular weight excluding hydrogens is 263 g/mol. The zero-order valence-corrected chi connectivity index (χ0v) is 11.9. The fourth-order valence-electron chi connectivity index (χ4n) is 2.78. The highest BCUT2D eigenvalue weighted by Crippen LogP contribution is 2.31. The van der Waals surface area contributed by atoms with Crippen LogP contribution in [0.1, 0.15) is 18.4 Å². The van der Waals surface area contributed by atoms with Gasteiger partial charge in [0.2, 0.25) is 0 Å². The molecule has 0 amide bonds. The fourth-order valence-corrected chi connectivity index (χ4v) is 2.78. The van der Waals surface area contributed by atoms with Crippen molar-refractivity contribution in [1.29, 1.82) is 0 Å². The van der Waals surface area contributed by atoms with Gasteiger partial charge < -0.3 is 10.7 Å². The molecule has 0 fully saturated rings. The maximum atomic E-state index is 13.6. The summed E-state index contributed by atoms with van der Waals surface area (Å²) in [7, 11) is 0. The van der Waals surface area contributed by atoms with Gasteiger partial charge >= 0.3 is 0 Å². The third kappa shape index (κ3) is 2.83. The number of aryl methyl sites for hydroxylation is 1. The number of hydrogen-bond acceptors (Lipinski definition) is 1. The molecule has 21 heavy (non-hydrogen) atoms. The van der Waals surface area contributed by atoms with E-state index in [0.717, 1.165) is 41.4 Å². The van der Waals surface area contributed by atoms with E-state index in [1.165, 1.54) is 11.6 Å². The van der Waals surface area contributed by atoms with E-state index in [-0.39, 0.29) is 5.82 Å². The minimum Gasteiger partial charge on any atom is -0.354 e. The average Bonchev–Trinajstić information content (AvgIpc) is 2.87. The molecule has 1 heterocycles. The van der Waals surface area contributed by atoms with Crippen molar-refractivity contribution < 1.29 is 4.39 Å². The Hall–Kier alpha value is -2.13. The topological polar surface area (TPSA) is 41.8 Å². The molecule has 0 radical (unpaired) electrons. The van der Waals surface area contributed by atoms with Crippen LogP contribution in [-0.2, 0) is 6.42 Å². The molecule has 0 saturated carbocycles. The van der Waals surface area contributed by atoms with Gasteiger partial charge in [-0.05, 0) is 55.1 Å². The SMILES string of the molecule is NCCCCc1c(-c2ccccc2)[nH]c2ccc(F)cc12. The number of benzene rings is 2. The molecule has 0 spiro atoms. The van der Waals surface area contributed by atoms with Gasteiger partial charge in [-0.15, -0.1) is 0 Å². The van der Waals surface area contributed by atoms with Crippen LogP contribution in [0.2, 0.25) is 0 Å². The highest BCUT2D eigenvalue weighted by molar-refractivity contribution is 5.90. The van der Waals surface area contributed by atoms with Gasteiger partial charge in [0.15, 0.2) is 0 Å². The molecule has 0 unspecified atom stereocenters. The zero-order chi connectivity index (χ0) is 14.7. The largest absolute Gasteiger partial charge is 0.354 e. The van der Waals surface area contributed by atoms with E-state index in [9.17, 15) is 4.39 Å². The summed E-state index contributed by atoms with van der Waals surface area (Å²) in [5.74, 6) is -0.193. The van der Waals surface area contributed by atoms with Crippen LogP contribution in [0.25, 0.3) is 22.2 Å². The summed E-state index contributed by atoms with van der Waals surface area (Å²) >= 11 is 0. The lowest BCUT2D eigenvalue weighted by Gasteiger charge is -2.05. The molecule has 2 nitrogen and oxygen atoms in total.